The molecule has 2 rings (SSSR count). The summed E-state index contributed by atoms with van der Waals surface area (Å²) >= 11 is 0. The minimum absolute atomic E-state index is 0.0518. The van der Waals surface area contributed by atoms with Gasteiger partial charge in [-0.3, -0.25) is 9.59 Å². The Kier molecular flexibility index (Phi) is 11.9. The molecule has 0 aliphatic rings. The maximum Gasteiger partial charge on any atom is 0.237 e. The number of benzene rings is 2. The van der Waals surface area contributed by atoms with Crippen molar-refractivity contribution in [2.75, 3.05) is 13.1 Å². The van der Waals surface area contributed by atoms with Gasteiger partial charge in [-0.05, 0) is 35.8 Å². The van der Waals surface area contributed by atoms with E-state index in [2.05, 4.69) is 16.0 Å². The fourth-order valence-electron chi connectivity index (χ4n) is 3.78. The average Bonchev–Trinajstić information content (AvgIpc) is 2.83. The van der Waals surface area contributed by atoms with Gasteiger partial charge in [0.2, 0.25) is 11.8 Å². The number of rotatable bonds is 14. The maximum absolute atomic E-state index is 12.7. The van der Waals surface area contributed by atoms with Crippen LogP contribution in [0.1, 0.15) is 38.8 Å². The molecule has 0 bridgehead atoms. The van der Waals surface area contributed by atoms with Gasteiger partial charge in [-0.15, -0.1) is 0 Å². The number of nitrogens with one attached hydrogen (secondary N) is 3. The Balaban J connectivity index is 2.06. The molecule has 0 aromatic heterocycles. The van der Waals surface area contributed by atoms with Crippen molar-refractivity contribution in [3.63, 3.8) is 0 Å². The minimum Gasteiger partial charge on any atom is -0.350 e. The van der Waals surface area contributed by atoms with Crippen LogP contribution in [0.15, 0.2) is 60.7 Å². The van der Waals surface area contributed by atoms with Crippen LogP contribution >= 0.6 is 0 Å². The molecule has 0 radical (unpaired) electrons. The lowest BCUT2D eigenvalue weighted by atomic mass is 10.0. The van der Waals surface area contributed by atoms with Crippen LogP contribution in [0.4, 0.5) is 0 Å². The highest BCUT2D eigenvalue weighted by Gasteiger charge is 2.23. The van der Waals surface area contributed by atoms with E-state index in [1.54, 1.807) is 0 Å². The molecule has 192 valence electrons. The van der Waals surface area contributed by atoms with Crippen LogP contribution in [-0.2, 0) is 22.4 Å². The van der Waals surface area contributed by atoms with E-state index in [0.717, 1.165) is 11.1 Å². The first-order valence-corrected chi connectivity index (χ1v) is 12.6. The number of carbonyl (C=O) groups is 2. The molecule has 0 fully saturated rings. The van der Waals surface area contributed by atoms with Gasteiger partial charge in [-0.1, -0.05) is 88.4 Å². The summed E-state index contributed by atoms with van der Waals surface area (Å²) in [5.74, 6) is -0.202. The molecule has 7 heteroatoms. The molecule has 0 aliphatic carbocycles. The van der Waals surface area contributed by atoms with Crippen molar-refractivity contribution in [1.82, 2.24) is 16.0 Å². The van der Waals surface area contributed by atoms with Crippen molar-refractivity contribution in [2.24, 2.45) is 23.3 Å². The highest BCUT2D eigenvalue weighted by Crippen LogP contribution is 2.07. The third-order valence-corrected chi connectivity index (χ3v) is 6.17. The molecule has 2 amide bonds. The highest BCUT2D eigenvalue weighted by atomic mass is 16.2. The SMILES string of the molecule is CC(C)[C@H](N)C(=O)N[C@H](CNC[C@H](Cc1ccccc1)NC(=O)[C@@H](N)C(C)C)Cc1ccccc1. The molecule has 2 aromatic carbocycles. The second-order valence-electron chi connectivity index (χ2n) is 9.99. The second kappa shape index (κ2) is 14.6. The molecule has 35 heavy (non-hydrogen) atoms. The first-order chi connectivity index (χ1) is 16.7. The van der Waals surface area contributed by atoms with E-state index >= 15 is 0 Å². The Morgan fingerprint density at radius 1 is 0.657 bits per heavy atom. The van der Waals surface area contributed by atoms with E-state index in [1.807, 2.05) is 88.4 Å². The molecule has 4 atom stereocenters. The van der Waals surface area contributed by atoms with Crippen molar-refractivity contribution < 1.29 is 9.59 Å². The molecule has 2 aromatic rings. The fraction of sp³-hybridized carbons (Fsp3) is 0.500. The van der Waals surface area contributed by atoms with Gasteiger partial charge < -0.3 is 27.4 Å². The molecule has 0 aliphatic heterocycles. The van der Waals surface area contributed by atoms with E-state index in [4.69, 9.17) is 11.5 Å². The van der Waals surface area contributed by atoms with E-state index < -0.39 is 12.1 Å². The van der Waals surface area contributed by atoms with Crippen molar-refractivity contribution in [3.05, 3.63) is 71.8 Å². The lowest BCUT2D eigenvalue weighted by Gasteiger charge is -2.26. The number of amides is 2. The van der Waals surface area contributed by atoms with Crippen molar-refractivity contribution in [2.45, 2.75) is 64.7 Å². The van der Waals surface area contributed by atoms with Crippen LogP contribution < -0.4 is 27.4 Å². The molecule has 0 saturated carbocycles. The van der Waals surface area contributed by atoms with E-state index in [9.17, 15) is 9.59 Å². The monoisotopic (exact) mass is 481 g/mol. The molecule has 7 N–H and O–H groups in total. The van der Waals surface area contributed by atoms with E-state index in [0.29, 0.717) is 25.9 Å². The van der Waals surface area contributed by atoms with Crippen molar-refractivity contribution >= 4 is 11.8 Å². The van der Waals surface area contributed by atoms with Gasteiger partial charge in [0.1, 0.15) is 0 Å². The Bertz CT molecular complexity index is 815. The first kappa shape index (κ1) is 28.5. The molecule has 0 heterocycles. The first-order valence-electron chi connectivity index (χ1n) is 12.6. The highest BCUT2D eigenvalue weighted by molar-refractivity contribution is 5.82. The smallest absolute Gasteiger partial charge is 0.237 e. The fourth-order valence-corrected chi connectivity index (χ4v) is 3.78. The summed E-state index contributed by atoms with van der Waals surface area (Å²) in [5.41, 5.74) is 14.4. The lowest BCUT2D eigenvalue weighted by molar-refractivity contribution is -0.124. The second-order valence-corrected chi connectivity index (χ2v) is 9.99. The third kappa shape index (κ3) is 10.2. The van der Waals surface area contributed by atoms with E-state index in [-0.39, 0.29) is 35.7 Å². The molecular formula is C28H43N5O2. The number of carbonyl (C=O) groups excluding carboxylic acids is 2. The normalized spacial score (nSPS) is 14.9. The van der Waals surface area contributed by atoms with Crippen LogP contribution in [0.2, 0.25) is 0 Å². The Morgan fingerprint density at radius 3 is 1.31 bits per heavy atom. The standard InChI is InChI=1S/C28H43N5O2/c1-19(2)25(29)27(34)32-23(15-21-11-7-5-8-12-21)17-31-18-24(16-22-13-9-6-10-14-22)33-28(35)26(30)20(3)4/h5-14,19-20,23-26,31H,15-18,29-30H2,1-4H3,(H,32,34)(H,33,35)/t23-,24-,25-,26-/m0/s1. The molecule has 0 spiro atoms. The summed E-state index contributed by atoms with van der Waals surface area (Å²) in [6.07, 6.45) is 1.36. The van der Waals surface area contributed by atoms with Gasteiger partial charge in [0, 0.05) is 25.2 Å². The zero-order chi connectivity index (χ0) is 25.8. The van der Waals surface area contributed by atoms with Gasteiger partial charge in [-0.2, -0.15) is 0 Å². The largest absolute Gasteiger partial charge is 0.350 e. The molecule has 0 saturated heterocycles. The Labute approximate surface area is 210 Å². The van der Waals surface area contributed by atoms with Gasteiger partial charge in [-0.25, -0.2) is 0 Å². The summed E-state index contributed by atoms with van der Waals surface area (Å²) in [6, 6.07) is 18.7. The molecule has 0 unspecified atom stereocenters. The zero-order valence-corrected chi connectivity index (χ0v) is 21.5. The van der Waals surface area contributed by atoms with Gasteiger partial charge in [0.05, 0.1) is 12.1 Å². The topological polar surface area (TPSA) is 122 Å². The average molecular weight is 482 g/mol. The summed E-state index contributed by atoms with van der Waals surface area (Å²) in [6.45, 7) is 8.84. The number of hydrogen-bond donors (Lipinski definition) is 5. The van der Waals surface area contributed by atoms with Crippen LogP contribution in [0, 0.1) is 11.8 Å². The van der Waals surface area contributed by atoms with Gasteiger partial charge in [0.15, 0.2) is 0 Å². The maximum atomic E-state index is 12.7. The lowest BCUT2D eigenvalue weighted by Crippen LogP contribution is -2.54. The quantitative estimate of drug-likeness (QED) is 0.282. The number of hydrogen-bond acceptors (Lipinski definition) is 5. The van der Waals surface area contributed by atoms with Crippen LogP contribution in [0.5, 0.6) is 0 Å². The number of nitrogens with two attached hydrogens (primary N) is 2. The van der Waals surface area contributed by atoms with Crippen molar-refractivity contribution in [3.8, 4) is 0 Å². The van der Waals surface area contributed by atoms with Crippen LogP contribution in [0.25, 0.3) is 0 Å². The summed E-state index contributed by atoms with van der Waals surface area (Å²) in [5, 5.41) is 9.68. The predicted octanol–water partition coefficient (Wildman–Crippen LogP) is 2.00. The van der Waals surface area contributed by atoms with Gasteiger partial charge >= 0.3 is 0 Å². The zero-order valence-electron chi connectivity index (χ0n) is 21.5. The Hall–Kier alpha value is -2.74. The summed E-state index contributed by atoms with van der Waals surface area (Å²) < 4.78 is 0. The van der Waals surface area contributed by atoms with Crippen LogP contribution in [0.3, 0.4) is 0 Å². The Morgan fingerprint density at radius 2 is 1.00 bits per heavy atom. The van der Waals surface area contributed by atoms with E-state index in [1.165, 1.54) is 0 Å². The predicted molar refractivity (Wildman–Crippen MR) is 143 cm³/mol. The van der Waals surface area contributed by atoms with Crippen LogP contribution in [-0.4, -0.2) is 49.1 Å². The summed E-state index contributed by atoms with van der Waals surface area (Å²) in [4.78, 5) is 25.3. The molecule has 7 nitrogen and oxygen atoms in total. The summed E-state index contributed by atoms with van der Waals surface area (Å²) in [7, 11) is 0. The minimum atomic E-state index is -0.559. The third-order valence-electron chi connectivity index (χ3n) is 6.17. The van der Waals surface area contributed by atoms with Crippen molar-refractivity contribution in [1.29, 1.82) is 0 Å². The van der Waals surface area contributed by atoms with Gasteiger partial charge in [0.25, 0.3) is 0 Å². The molecular weight excluding hydrogens is 438 g/mol.